The first kappa shape index (κ1) is 19.6. The molecule has 3 rings (SSSR count). The highest BCUT2D eigenvalue weighted by molar-refractivity contribution is 6.30. The van der Waals surface area contributed by atoms with Crippen molar-refractivity contribution in [1.29, 1.82) is 0 Å². The summed E-state index contributed by atoms with van der Waals surface area (Å²) in [6.45, 7) is 0. The number of esters is 1. The van der Waals surface area contributed by atoms with Crippen molar-refractivity contribution < 1.29 is 22.7 Å². The molecule has 7 heteroatoms. The Labute approximate surface area is 164 Å². The highest BCUT2D eigenvalue weighted by Crippen LogP contribution is 2.30. The fourth-order valence-electron chi connectivity index (χ4n) is 2.26. The van der Waals surface area contributed by atoms with E-state index >= 15 is 0 Å². The van der Waals surface area contributed by atoms with Gasteiger partial charge >= 0.3 is 12.1 Å². The number of carbonyl (C=O) groups excluding carboxylic acids is 1. The minimum atomic E-state index is -4.44. The maximum atomic E-state index is 12.5. The molecule has 3 aromatic carbocycles. The quantitative estimate of drug-likeness (QED) is 0.290. The lowest BCUT2D eigenvalue weighted by Gasteiger charge is -2.08. The van der Waals surface area contributed by atoms with E-state index < -0.39 is 17.7 Å². The molecule has 3 nitrogen and oxygen atoms in total. The van der Waals surface area contributed by atoms with Gasteiger partial charge in [0.1, 0.15) is 5.75 Å². The van der Waals surface area contributed by atoms with Crippen LogP contribution in [0.4, 0.5) is 18.9 Å². The Hall–Kier alpha value is -3.12. The first-order valence-electron chi connectivity index (χ1n) is 8.10. The van der Waals surface area contributed by atoms with Crippen LogP contribution in [0.15, 0.2) is 77.8 Å². The monoisotopic (exact) mass is 403 g/mol. The molecule has 0 radical (unpaired) electrons. The van der Waals surface area contributed by atoms with E-state index in [1.807, 2.05) is 12.1 Å². The molecule has 0 aliphatic rings. The van der Waals surface area contributed by atoms with Gasteiger partial charge in [0.25, 0.3) is 0 Å². The second-order valence-corrected chi connectivity index (χ2v) is 6.20. The standard InChI is InChI=1S/C21H13ClF3NO2/c22-17-7-1-14(2-8-17)13-26-18-9-3-15(4-10-18)20(27)28-19-11-5-16(6-12-19)21(23,24)25/h1-13H. The molecule has 0 N–H and O–H groups in total. The van der Waals surface area contributed by atoms with E-state index in [0.29, 0.717) is 10.7 Å². The molecular weight excluding hydrogens is 391 g/mol. The Morgan fingerprint density at radius 3 is 2.07 bits per heavy atom. The van der Waals surface area contributed by atoms with E-state index in [1.165, 1.54) is 12.1 Å². The Morgan fingerprint density at radius 2 is 1.50 bits per heavy atom. The van der Waals surface area contributed by atoms with Crippen LogP contribution in [0.25, 0.3) is 0 Å². The Kier molecular flexibility index (Phi) is 5.80. The van der Waals surface area contributed by atoms with Crippen molar-refractivity contribution in [3.63, 3.8) is 0 Å². The second-order valence-electron chi connectivity index (χ2n) is 5.77. The average Bonchev–Trinajstić information content (AvgIpc) is 2.67. The van der Waals surface area contributed by atoms with E-state index in [1.54, 1.807) is 30.5 Å². The molecule has 0 saturated carbocycles. The molecule has 142 valence electrons. The summed E-state index contributed by atoms with van der Waals surface area (Å²) >= 11 is 5.82. The fourth-order valence-corrected chi connectivity index (χ4v) is 2.39. The number of hydrogen-bond donors (Lipinski definition) is 0. The van der Waals surface area contributed by atoms with Crippen LogP contribution in [0.5, 0.6) is 5.75 Å². The molecule has 0 fully saturated rings. The largest absolute Gasteiger partial charge is 0.423 e. The van der Waals surface area contributed by atoms with Gasteiger partial charge in [0, 0.05) is 11.2 Å². The molecular formula is C21H13ClF3NO2. The summed E-state index contributed by atoms with van der Waals surface area (Å²) in [5.74, 6) is -0.643. The molecule has 0 aliphatic carbocycles. The molecule has 0 amide bonds. The van der Waals surface area contributed by atoms with Crippen molar-refractivity contribution in [2.75, 3.05) is 0 Å². The van der Waals surface area contributed by atoms with E-state index in [4.69, 9.17) is 16.3 Å². The smallest absolute Gasteiger partial charge is 0.416 e. The van der Waals surface area contributed by atoms with Crippen molar-refractivity contribution in [3.05, 3.63) is 94.5 Å². The van der Waals surface area contributed by atoms with Gasteiger partial charge in [-0.3, -0.25) is 4.99 Å². The van der Waals surface area contributed by atoms with Crippen LogP contribution >= 0.6 is 11.6 Å². The molecule has 0 bridgehead atoms. The molecule has 0 unspecified atom stereocenters. The van der Waals surface area contributed by atoms with Crippen LogP contribution in [0.2, 0.25) is 5.02 Å². The summed E-state index contributed by atoms with van der Waals surface area (Å²) in [7, 11) is 0. The van der Waals surface area contributed by atoms with E-state index in [9.17, 15) is 18.0 Å². The zero-order valence-corrected chi connectivity index (χ0v) is 15.0. The highest BCUT2D eigenvalue weighted by atomic mass is 35.5. The molecule has 28 heavy (non-hydrogen) atoms. The lowest BCUT2D eigenvalue weighted by molar-refractivity contribution is -0.137. The number of carbonyl (C=O) groups is 1. The summed E-state index contributed by atoms with van der Waals surface area (Å²) in [5.41, 5.74) is 0.941. The molecule has 3 aromatic rings. The summed E-state index contributed by atoms with van der Waals surface area (Å²) < 4.78 is 42.7. The van der Waals surface area contributed by atoms with Crippen molar-refractivity contribution in [2.24, 2.45) is 4.99 Å². The summed E-state index contributed by atoms with van der Waals surface area (Å²) in [6, 6.07) is 17.4. The molecule has 0 atom stereocenters. The topological polar surface area (TPSA) is 38.7 Å². The number of nitrogens with zero attached hydrogens (tertiary/aromatic N) is 1. The van der Waals surface area contributed by atoms with Gasteiger partial charge in [0.2, 0.25) is 0 Å². The van der Waals surface area contributed by atoms with Crippen LogP contribution in [-0.4, -0.2) is 12.2 Å². The van der Waals surface area contributed by atoms with Gasteiger partial charge in [-0.1, -0.05) is 23.7 Å². The number of alkyl halides is 3. The Balaban J connectivity index is 1.64. The third-order valence-corrected chi connectivity index (χ3v) is 3.98. The summed E-state index contributed by atoms with van der Waals surface area (Å²) in [5, 5.41) is 0.632. The average molecular weight is 404 g/mol. The predicted molar refractivity (Wildman–Crippen MR) is 102 cm³/mol. The van der Waals surface area contributed by atoms with Gasteiger partial charge in [-0.2, -0.15) is 13.2 Å². The summed E-state index contributed by atoms with van der Waals surface area (Å²) in [6.07, 6.45) is -2.78. The zero-order chi connectivity index (χ0) is 20.1. The first-order chi connectivity index (χ1) is 13.3. The van der Waals surface area contributed by atoms with E-state index in [-0.39, 0.29) is 11.3 Å². The lowest BCUT2D eigenvalue weighted by atomic mass is 10.2. The Morgan fingerprint density at radius 1 is 0.893 bits per heavy atom. The number of hydrogen-bond acceptors (Lipinski definition) is 3. The normalized spacial score (nSPS) is 11.6. The van der Waals surface area contributed by atoms with Gasteiger partial charge in [-0.05, 0) is 66.2 Å². The van der Waals surface area contributed by atoms with Crippen LogP contribution in [0, 0.1) is 0 Å². The van der Waals surface area contributed by atoms with Crippen molar-refractivity contribution >= 4 is 29.5 Å². The maximum Gasteiger partial charge on any atom is 0.416 e. The number of ether oxygens (including phenoxy) is 1. The highest BCUT2D eigenvalue weighted by Gasteiger charge is 2.30. The van der Waals surface area contributed by atoms with Gasteiger partial charge < -0.3 is 4.74 Å². The number of aliphatic imine (C=N–C) groups is 1. The third-order valence-electron chi connectivity index (χ3n) is 3.73. The van der Waals surface area contributed by atoms with Gasteiger partial charge in [0.15, 0.2) is 0 Å². The van der Waals surface area contributed by atoms with Crippen LogP contribution in [0.3, 0.4) is 0 Å². The van der Waals surface area contributed by atoms with Crippen LogP contribution < -0.4 is 4.74 Å². The predicted octanol–water partition coefficient (Wildman–Crippen LogP) is 6.33. The number of halogens is 4. The fraction of sp³-hybridized carbons (Fsp3) is 0.0476. The minimum absolute atomic E-state index is 0.0304. The molecule has 0 heterocycles. The zero-order valence-electron chi connectivity index (χ0n) is 14.3. The van der Waals surface area contributed by atoms with Crippen molar-refractivity contribution in [2.45, 2.75) is 6.18 Å². The van der Waals surface area contributed by atoms with Gasteiger partial charge in [0.05, 0.1) is 16.8 Å². The Bertz CT molecular complexity index is 980. The van der Waals surface area contributed by atoms with Gasteiger partial charge in [-0.25, -0.2) is 4.79 Å². The number of rotatable bonds is 4. The molecule has 0 aliphatic heterocycles. The summed E-state index contributed by atoms with van der Waals surface area (Å²) in [4.78, 5) is 16.4. The van der Waals surface area contributed by atoms with E-state index in [2.05, 4.69) is 4.99 Å². The van der Waals surface area contributed by atoms with E-state index in [0.717, 1.165) is 29.8 Å². The van der Waals surface area contributed by atoms with Gasteiger partial charge in [-0.15, -0.1) is 0 Å². The molecule has 0 aromatic heterocycles. The van der Waals surface area contributed by atoms with Crippen molar-refractivity contribution in [3.8, 4) is 5.75 Å². The third kappa shape index (κ3) is 5.20. The SMILES string of the molecule is O=C(Oc1ccc(C(F)(F)F)cc1)c1ccc(N=Cc2ccc(Cl)cc2)cc1. The first-order valence-corrected chi connectivity index (χ1v) is 8.48. The van der Waals surface area contributed by atoms with Crippen LogP contribution in [-0.2, 0) is 6.18 Å². The second kappa shape index (κ2) is 8.27. The maximum absolute atomic E-state index is 12.5. The molecule has 0 spiro atoms. The van der Waals surface area contributed by atoms with Crippen LogP contribution in [0.1, 0.15) is 21.5 Å². The number of benzene rings is 3. The lowest BCUT2D eigenvalue weighted by Crippen LogP contribution is -2.09. The minimum Gasteiger partial charge on any atom is -0.423 e. The molecule has 0 saturated heterocycles. The van der Waals surface area contributed by atoms with Crippen molar-refractivity contribution in [1.82, 2.24) is 0 Å².